The number of nitrogens with two attached hydrogens (primary N) is 1. The summed E-state index contributed by atoms with van der Waals surface area (Å²) in [5, 5.41) is 6.85. The smallest absolute Gasteiger partial charge is 0.272 e. The summed E-state index contributed by atoms with van der Waals surface area (Å²) in [6.45, 7) is 0.324. The molecule has 1 amide bonds. The molecule has 4 N–H and O–H groups in total. The minimum absolute atomic E-state index is 0.132. The van der Waals surface area contributed by atoms with Crippen LogP contribution in [0.15, 0.2) is 36.9 Å². The molecule has 0 saturated heterocycles. The number of aryl methyl sites for hydroxylation is 1. The Kier molecular flexibility index (Phi) is 4.53. The zero-order valence-corrected chi connectivity index (χ0v) is 15.0. The molecular formula is C18H17FN8O. The van der Waals surface area contributed by atoms with E-state index in [1.54, 1.807) is 30.2 Å². The van der Waals surface area contributed by atoms with Crippen LogP contribution >= 0.6 is 0 Å². The van der Waals surface area contributed by atoms with Gasteiger partial charge in [-0.25, -0.2) is 19.3 Å². The molecule has 0 aliphatic carbocycles. The molecule has 0 saturated carbocycles. The van der Waals surface area contributed by atoms with E-state index in [-0.39, 0.29) is 18.8 Å². The van der Waals surface area contributed by atoms with Crippen molar-refractivity contribution in [1.82, 2.24) is 35.0 Å². The summed E-state index contributed by atoms with van der Waals surface area (Å²) >= 11 is 0. The predicted molar refractivity (Wildman–Crippen MR) is 99.3 cm³/mol. The fourth-order valence-corrected chi connectivity index (χ4v) is 2.90. The number of nitrogens with one attached hydrogen (secondary N) is 2. The van der Waals surface area contributed by atoms with Gasteiger partial charge < -0.3 is 16.0 Å². The van der Waals surface area contributed by atoms with Gasteiger partial charge in [-0.2, -0.15) is 5.10 Å². The van der Waals surface area contributed by atoms with Crippen molar-refractivity contribution in [3.05, 3.63) is 59.8 Å². The number of amides is 1. The number of H-pyrrole nitrogens is 1. The van der Waals surface area contributed by atoms with E-state index in [0.29, 0.717) is 28.1 Å². The minimum atomic E-state index is -0.424. The largest absolute Gasteiger partial charge is 0.347 e. The number of hydrogen-bond acceptors (Lipinski definition) is 6. The van der Waals surface area contributed by atoms with Crippen LogP contribution in [0.3, 0.4) is 0 Å². The van der Waals surface area contributed by atoms with Crippen LogP contribution in [0, 0.1) is 5.82 Å². The van der Waals surface area contributed by atoms with Crippen LogP contribution in [-0.4, -0.2) is 35.6 Å². The normalized spacial score (nSPS) is 11.1. The Morgan fingerprint density at radius 1 is 1.29 bits per heavy atom. The molecule has 28 heavy (non-hydrogen) atoms. The van der Waals surface area contributed by atoms with Gasteiger partial charge in [-0.15, -0.1) is 0 Å². The van der Waals surface area contributed by atoms with Crippen molar-refractivity contribution in [3.63, 3.8) is 0 Å². The van der Waals surface area contributed by atoms with E-state index in [1.165, 1.54) is 18.5 Å². The van der Waals surface area contributed by atoms with E-state index in [2.05, 4.69) is 30.4 Å². The van der Waals surface area contributed by atoms with Crippen molar-refractivity contribution >= 4 is 17.1 Å². The van der Waals surface area contributed by atoms with Gasteiger partial charge in [-0.05, 0) is 29.3 Å². The number of nitrogens with zero attached hydrogens (tertiary/aromatic N) is 5. The van der Waals surface area contributed by atoms with Crippen molar-refractivity contribution < 1.29 is 9.18 Å². The molecule has 0 unspecified atom stereocenters. The molecule has 3 heterocycles. The molecule has 0 bridgehead atoms. The lowest BCUT2D eigenvalue weighted by molar-refractivity contribution is 0.0947. The Morgan fingerprint density at radius 2 is 2.14 bits per heavy atom. The molecule has 0 radical (unpaired) electrons. The maximum atomic E-state index is 14.0. The summed E-state index contributed by atoms with van der Waals surface area (Å²) in [4.78, 5) is 27.8. The summed E-state index contributed by atoms with van der Waals surface area (Å²) in [5.74, 6) is -0.307. The highest BCUT2D eigenvalue weighted by Gasteiger charge is 2.16. The third kappa shape index (κ3) is 3.45. The second kappa shape index (κ2) is 7.16. The van der Waals surface area contributed by atoms with E-state index in [1.807, 2.05) is 0 Å². The summed E-state index contributed by atoms with van der Waals surface area (Å²) in [5.41, 5.74) is 8.59. The second-order valence-corrected chi connectivity index (χ2v) is 6.24. The lowest BCUT2D eigenvalue weighted by Gasteiger charge is -2.07. The van der Waals surface area contributed by atoms with Crippen molar-refractivity contribution in [2.45, 2.75) is 13.1 Å². The van der Waals surface area contributed by atoms with Crippen molar-refractivity contribution in [1.29, 1.82) is 0 Å². The van der Waals surface area contributed by atoms with Gasteiger partial charge in [0.2, 0.25) is 0 Å². The van der Waals surface area contributed by atoms with Gasteiger partial charge in [0.05, 0.1) is 12.7 Å². The first-order valence-corrected chi connectivity index (χ1v) is 8.50. The lowest BCUT2D eigenvalue weighted by atomic mass is 10.1. The van der Waals surface area contributed by atoms with E-state index < -0.39 is 11.7 Å². The van der Waals surface area contributed by atoms with Crippen molar-refractivity contribution in [2.24, 2.45) is 12.8 Å². The standard InChI is InChI=1S/C18H17FN8O/c1-27-8-12(7-24-27)11-2-10(3-13(19)4-11)6-21-18(28)16-15-17(23-9-22-16)26-14(5-20)25-15/h2-4,7-9H,5-6,20H2,1H3,(H,21,28)(H,22,23,25,26). The number of benzene rings is 1. The molecule has 1 aromatic carbocycles. The minimum Gasteiger partial charge on any atom is -0.347 e. The number of aromatic amines is 1. The number of carbonyl (C=O) groups excluding carboxylic acids is 1. The average Bonchev–Trinajstić information content (AvgIpc) is 3.31. The zero-order valence-electron chi connectivity index (χ0n) is 15.0. The van der Waals surface area contributed by atoms with Gasteiger partial charge in [0.25, 0.3) is 5.91 Å². The number of halogens is 1. The van der Waals surface area contributed by atoms with Gasteiger partial charge in [0.15, 0.2) is 11.3 Å². The monoisotopic (exact) mass is 380 g/mol. The second-order valence-electron chi connectivity index (χ2n) is 6.24. The summed E-state index contributed by atoms with van der Waals surface area (Å²) in [6.07, 6.45) is 4.71. The van der Waals surface area contributed by atoms with Crippen molar-refractivity contribution in [3.8, 4) is 11.1 Å². The molecular weight excluding hydrogens is 363 g/mol. The molecule has 3 aromatic heterocycles. The maximum absolute atomic E-state index is 14.0. The number of hydrogen-bond donors (Lipinski definition) is 3. The van der Waals surface area contributed by atoms with Crippen LogP contribution in [0.5, 0.6) is 0 Å². The number of imidazole rings is 1. The number of rotatable bonds is 5. The first kappa shape index (κ1) is 17.7. The van der Waals surface area contributed by atoms with Gasteiger partial charge in [0, 0.05) is 25.4 Å². The van der Waals surface area contributed by atoms with Crippen LogP contribution in [0.1, 0.15) is 21.9 Å². The first-order valence-electron chi connectivity index (χ1n) is 8.50. The fraction of sp³-hybridized carbons (Fsp3) is 0.167. The Bertz CT molecular complexity index is 1170. The van der Waals surface area contributed by atoms with Gasteiger partial charge >= 0.3 is 0 Å². The van der Waals surface area contributed by atoms with Crippen LogP contribution < -0.4 is 11.1 Å². The third-order valence-corrected chi connectivity index (χ3v) is 4.19. The Hall–Kier alpha value is -3.66. The molecule has 142 valence electrons. The molecule has 0 aliphatic heterocycles. The Morgan fingerprint density at radius 3 is 2.89 bits per heavy atom. The number of fused-ring (bicyclic) bond motifs is 1. The quantitative estimate of drug-likeness (QED) is 0.479. The van der Waals surface area contributed by atoms with Crippen LogP contribution in [-0.2, 0) is 20.1 Å². The highest BCUT2D eigenvalue weighted by molar-refractivity contribution is 6.02. The molecule has 10 heteroatoms. The fourth-order valence-electron chi connectivity index (χ4n) is 2.90. The maximum Gasteiger partial charge on any atom is 0.272 e. The zero-order chi connectivity index (χ0) is 19.7. The summed E-state index contributed by atoms with van der Waals surface area (Å²) in [7, 11) is 1.79. The van der Waals surface area contributed by atoms with Crippen LogP contribution in [0.2, 0.25) is 0 Å². The molecule has 9 nitrogen and oxygen atoms in total. The SMILES string of the molecule is Cn1cc(-c2cc(F)cc(CNC(=O)c3ncnc4nc(CN)[nH]c34)c2)cn1. The highest BCUT2D eigenvalue weighted by Crippen LogP contribution is 2.21. The molecule has 0 aliphatic rings. The number of aromatic nitrogens is 6. The van der Waals surface area contributed by atoms with Crippen molar-refractivity contribution in [2.75, 3.05) is 0 Å². The van der Waals surface area contributed by atoms with Crippen LogP contribution in [0.4, 0.5) is 4.39 Å². The molecule has 0 fully saturated rings. The molecule has 4 rings (SSSR count). The molecule has 0 atom stereocenters. The van der Waals surface area contributed by atoms with Gasteiger partial charge in [0.1, 0.15) is 23.5 Å². The molecule has 0 spiro atoms. The Labute approximate surface area is 158 Å². The van der Waals surface area contributed by atoms with E-state index >= 15 is 0 Å². The summed E-state index contributed by atoms with van der Waals surface area (Å²) in [6, 6.07) is 4.60. The number of carbonyl (C=O) groups is 1. The van der Waals surface area contributed by atoms with Gasteiger partial charge in [-0.3, -0.25) is 9.48 Å². The lowest BCUT2D eigenvalue weighted by Crippen LogP contribution is -2.24. The van der Waals surface area contributed by atoms with E-state index in [4.69, 9.17) is 5.73 Å². The Balaban J connectivity index is 1.55. The average molecular weight is 380 g/mol. The first-order chi connectivity index (χ1) is 13.5. The third-order valence-electron chi connectivity index (χ3n) is 4.19. The van der Waals surface area contributed by atoms with E-state index in [9.17, 15) is 9.18 Å². The van der Waals surface area contributed by atoms with E-state index in [0.717, 1.165) is 5.56 Å². The molecule has 4 aromatic rings. The summed E-state index contributed by atoms with van der Waals surface area (Å²) < 4.78 is 15.7. The van der Waals surface area contributed by atoms with Gasteiger partial charge in [-0.1, -0.05) is 0 Å². The highest BCUT2D eigenvalue weighted by atomic mass is 19.1. The predicted octanol–water partition coefficient (Wildman–Crippen LogP) is 1.28. The van der Waals surface area contributed by atoms with Crippen LogP contribution in [0.25, 0.3) is 22.3 Å². The topological polar surface area (TPSA) is 127 Å².